The average molecular weight is 170 g/mol. The average Bonchev–Trinajstić information content (AvgIpc) is 2.34. The molecule has 0 fully saturated rings. The normalized spacial score (nSPS) is 13.9. The number of aromatic nitrogens is 1. The predicted molar refractivity (Wildman–Crippen MR) is 48.6 cm³/mol. The Hall–Kier alpha value is -0.410. The summed E-state index contributed by atoms with van der Waals surface area (Å²) in [6.45, 7) is 6.22. The van der Waals surface area contributed by atoms with Gasteiger partial charge in [-0.2, -0.15) is 0 Å². The SMILES string of the molecule is Cc1nc(C(N)C(C)C)cs1. The third kappa shape index (κ3) is 2.01. The van der Waals surface area contributed by atoms with E-state index in [1.54, 1.807) is 11.3 Å². The van der Waals surface area contributed by atoms with Gasteiger partial charge in [-0.3, -0.25) is 0 Å². The summed E-state index contributed by atoms with van der Waals surface area (Å²) in [5.74, 6) is 0.469. The minimum Gasteiger partial charge on any atom is -0.322 e. The van der Waals surface area contributed by atoms with Gasteiger partial charge in [0.25, 0.3) is 0 Å². The summed E-state index contributed by atoms with van der Waals surface area (Å²) < 4.78 is 0. The molecule has 3 heteroatoms. The van der Waals surface area contributed by atoms with Gasteiger partial charge in [0.2, 0.25) is 0 Å². The number of nitrogens with zero attached hydrogens (tertiary/aromatic N) is 1. The molecule has 0 saturated carbocycles. The number of aryl methyl sites for hydroxylation is 1. The first kappa shape index (κ1) is 8.68. The highest BCUT2D eigenvalue weighted by Gasteiger charge is 2.12. The highest BCUT2D eigenvalue weighted by atomic mass is 32.1. The maximum atomic E-state index is 5.90. The zero-order valence-electron chi connectivity index (χ0n) is 7.16. The Balaban J connectivity index is 2.76. The molecule has 1 heterocycles. The Morgan fingerprint density at radius 1 is 1.55 bits per heavy atom. The predicted octanol–water partition coefficient (Wildman–Crippen LogP) is 2.11. The van der Waals surface area contributed by atoms with E-state index in [9.17, 15) is 0 Å². The monoisotopic (exact) mass is 170 g/mol. The van der Waals surface area contributed by atoms with Crippen molar-refractivity contribution in [3.8, 4) is 0 Å². The van der Waals surface area contributed by atoms with Crippen molar-refractivity contribution in [3.05, 3.63) is 16.1 Å². The van der Waals surface area contributed by atoms with Crippen LogP contribution in [0.4, 0.5) is 0 Å². The van der Waals surface area contributed by atoms with Crippen molar-refractivity contribution in [2.75, 3.05) is 0 Å². The van der Waals surface area contributed by atoms with Crippen LogP contribution in [0.25, 0.3) is 0 Å². The smallest absolute Gasteiger partial charge is 0.0898 e. The Labute approximate surface area is 71.5 Å². The second kappa shape index (κ2) is 3.32. The van der Waals surface area contributed by atoms with E-state index in [1.165, 1.54) is 0 Å². The van der Waals surface area contributed by atoms with E-state index in [4.69, 9.17) is 5.73 Å². The summed E-state index contributed by atoms with van der Waals surface area (Å²) >= 11 is 1.66. The van der Waals surface area contributed by atoms with Crippen LogP contribution in [-0.2, 0) is 0 Å². The second-order valence-electron chi connectivity index (χ2n) is 3.06. The molecule has 1 aromatic heterocycles. The molecule has 62 valence electrons. The molecule has 1 atom stereocenters. The molecule has 0 saturated heterocycles. The van der Waals surface area contributed by atoms with Crippen molar-refractivity contribution in [3.63, 3.8) is 0 Å². The van der Waals surface area contributed by atoms with Crippen LogP contribution in [0.15, 0.2) is 5.38 Å². The molecule has 2 nitrogen and oxygen atoms in total. The molecule has 0 radical (unpaired) electrons. The van der Waals surface area contributed by atoms with E-state index in [0.29, 0.717) is 5.92 Å². The lowest BCUT2D eigenvalue weighted by molar-refractivity contribution is 0.505. The standard InChI is InChI=1S/C8H14N2S/c1-5(2)8(9)7-4-11-6(3)10-7/h4-5,8H,9H2,1-3H3. The van der Waals surface area contributed by atoms with Gasteiger partial charge in [0.1, 0.15) is 0 Å². The summed E-state index contributed by atoms with van der Waals surface area (Å²) in [5, 5.41) is 3.14. The van der Waals surface area contributed by atoms with Gasteiger partial charge >= 0.3 is 0 Å². The third-order valence-corrected chi connectivity index (χ3v) is 2.49. The first-order valence-corrected chi connectivity index (χ1v) is 4.67. The van der Waals surface area contributed by atoms with Gasteiger partial charge in [-0.25, -0.2) is 4.98 Å². The molecule has 1 unspecified atom stereocenters. The van der Waals surface area contributed by atoms with E-state index in [-0.39, 0.29) is 6.04 Å². The Kier molecular flexibility index (Phi) is 2.62. The van der Waals surface area contributed by atoms with Crippen molar-refractivity contribution >= 4 is 11.3 Å². The van der Waals surface area contributed by atoms with Crippen LogP contribution in [0.3, 0.4) is 0 Å². The molecule has 2 N–H and O–H groups in total. The highest BCUT2D eigenvalue weighted by molar-refractivity contribution is 7.09. The van der Waals surface area contributed by atoms with Gasteiger partial charge in [0, 0.05) is 5.38 Å². The number of hydrogen-bond acceptors (Lipinski definition) is 3. The first-order valence-electron chi connectivity index (χ1n) is 3.79. The molecule has 0 spiro atoms. The van der Waals surface area contributed by atoms with Crippen molar-refractivity contribution in [1.82, 2.24) is 4.98 Å². The van der Waals surface area contributed by atoms with Gasteiger partial charge < -0.3 is 5.73 Å². The Morgan fingerprint density at radius 2 is 2.18 bits per heavy atom. The molecule has 0 bridgehead atoms. The van der Waals surface area contributed by atoms with Gasteiger partial charge in [0.15, 0.2) is 0 Å². The van der Waals surface area contributed by atoms with Gasteiger partial charge in [0.05, 0.1) is 16.7 Å². The van der Waals surface area contributed by atoms with Crippen molar-refractivity contribution in [1.29, 1.82) is 0 Å². The highest BCUT2D eigenvalue weighted by Crippen LogP contribution is 2.20. The minimum absolute atomic E-state index is 0.0972. The summed E-state index contributed by atoms with van der Waals surface area (Å²) in [6, 6.07) is 0.0972. The summed E-state index contributed by atoms with van der Waals surface area (Å²) in [4.78, 5) is 4.33. The Bertz CT molecular complexity index is 230. The second-order valence-corrected chi connectivity index (χ2v) is 4.12. The van der Waals surface area contributed by atoms with Crippen LogP contribution in [0.2, 0.25) is 0 Å². The molecule has 0 aliphatic heterocycles. The van der Waals surface area contributed by atoms with Crippen LogP contribution in [0, 0.1) is 12.8 Å². The van der Waals surface area contributed by atoms with Crippen molar-refractivity contribution in [2.45, 2.75) is 26.8 Å². The van der Waals surface area contributed by atoms with Crippen LogP contribution in [0.5, 0.6) is 0 Å². The molecule has 0 aliphatic rings. The topological polar surface area (TPSA) is 38.9 Å². The number of hydrogen-bond donors (Lipinski definition) is 1. The third-order valence-electron chi connectivity index (χ3n) is 1.70. The fourth-order valence-corrected chi connectivity index (χ4v) is 1.53. The number of rotatable bonds is 2. The lowest BCUT2D eigenvalue weighted by atomic mass is 10.0. The van der Waals surface area contributed by atoms with Crippen LogP contribution in [-0.4, -0.2) is 4.98 Å². The fraction of sp³-hybridized carbons (Fsp3) is 0.625. The summed E-state index contributed by atoms with van der Waals surface area (Å²) in [7, 11) is 0. The summed E-state index contributed by atoms with van der Waals surface area (Å²) in [6.07, 6.45) is 0. The molecular weight excluding hydrogens is 156 g/mol. The molecular formula is C8H14N2S. The van der Waals surface area contributed by atoms with E-state index in [0.717, 1.165) is 10.7 Å². The number of nitrogens with two attached hydrogens (primary N) is 1. The van der Waals surface area contributed by atoms with E-state index in [1.807, 2.05) is 12.3 Å². The lowest BCUT2D eigenvalue weighted by Crippen LogP contribution is -2.16. The Morgan fingerprint density at radius 3 is 2.55 bits per heavy atom. The van der Waals surface area contributed by atoms with Crippen LogP contribution in [0.1, 0.15) is 30.6 Å². The largest absolute Gasteiger partial charge is 0.322 e. The van der Waals surface area contributed by atoms with Gasteiger partial charge in [-0.1, -0.05) is 13.8 Å². The van der Waals surface area contributed by atoms with E-state index >= 15 is 0 Å². The van der Waals surface area contributed by atoms with Crippen molar-refractivity contribution < 1.29 is 0 Å². The zero-order chi connectivity index (χ0) is 8.43. The van der Waals surface area contributed by atoms with Crippen molar-refractivity contribution in [2.24, 2.45) is 11.7 Å². The molecule has 1 rings (SSSR count). The molecule has 11 heavy (non-hydrogen) atoms. The zero-order valence-corrected chi connectivity index (χ0v) is 7.98. The minimum atomic E-state index is 0.0972. The molecule has 0 amide bonds. The lowest BCUT2D eigenvalue weighted by Gasteiger charge is -2.11. The first-order chi connectivity index (χ1) is 5.11. The quantitative estimate of drug-likeness (QED) is 0.738. The van der Waals surface area contributed by atoms with Gasteiger partial charge in [-0.05, 0) is 12.8 Å². The fourth-order valence-electron chi connectivity index (χ4n) is 0.875. The maximum Gasteiger partial charge on any atom is 0.0898 e. The molecule has 0 aliphatic carbocycles. The maximum absolute atomic E-state index is 5.90. The van der Waals surface area contributed by atoms with Gasteiger partial charge in [-0.15, -0.1) is 11.3 Å². The summed E-state index contributed by atoms with van der Waals surface area (Å²) in [5.41, 5.74) is 6.93. The van der Waals surface area contributed by atoms with E-state index < -0.39 is 0 Å². The van der Waals surface area contributed by atoms with Crippen LogP contribution < -0.4 is 5.73 Å². The van der Waals surface area contributed by atoms with Crippen LogP contribution >= 0.6 is 11.3 Å². The van der Waals surface area contributed by atoms with E-state index in [2.05, 4.69) is 18.8 Å². The number of thiazole rings is 1. The molecule has 1 aromatic rings. The molecule has 0 aromatic carbocycles.